The Morgan fingerprint density at radius 3 is 2.26 bits per heavy atom. The van der Waals surface area contributed by atoms with Gasteiger partial charge in [0.2, 0.25) is 15.9 Å². The Labute approximate surface area is 164 Å². The van der Waals surface area contributed by atoms with Crippen molar-refractivity contribution in [2.75, 3.05) is 15.9 Å². The molecule has 0 saturated carbocycles. The Balaban J connectivity index is 2.29. The lowest BCUT2D eigenvalue weighted by atomic mass is 10.1. The van der Waals surface area contributed by atoms with Crippen LogP contribution in [-0.4, -0.2) is 26.6 Å². The molecular formula is C19H20ClN3O3S. The number of anilines is 2. The van der Waals surface area contributed by atoms with Crippen molar-refractivity contribution in [3.63, 3.8) is 0 Å². The van der Waals surface area contributed by atoms with Crippen LogP contribution in [0, 0.1) is 11.3 Å². The Kier molecular flexibility index (Phi) is 6.83. The third-order valence-electron chi connectivity index (χ3n) is 3.92. The van der Waals surface area contributed by atoms with Gasteiger partial charge in [-0.05, 0) is 48.4 Å². The highest BCUT2D eigenvalue weighted by Crippen LogP contribution is 2.25. The van der Waals surface area contributed by atoms with Crippen LogP contribution in [0.25, 0.3) is 0 Å². The van der Waals surface area contributed by atoms with Crippen LogP contribution in [0.4, 0.5) is 11.4 Å². The van der Waals surface area contributed by atoms with Gasteiger partial charge in [0.1, 0.15) is 6.04 Å². The number of hydrogen-bond acceptors (Lipinski definition) is 4. The maximum Gasteiger partial charge on any atom is 0.248 e. The van der Waals surface area contributed by atoms with E-state index in [9.17, 15) is 13.2 Å². The molecule has 8 heteroatoms. The van der Waals surface area contributed by atoms with Gasteiger partial charge in [-0.25, -0.2) is 8.42 Å². The van der Waals surface area contributed by atoms with E-state index >= 15 is 0 Å². The number of nitrogens with one attached hydrogen (secondary N) is 1. The van der Waals surface area contributed by atoms with Gasteiger partial charge in [0.05, 0.1) is 24.4 Å². The van der Waals surface area contributed by atoms with E-state index in [0.717, 1.165) is 16.1 Å². The number of rotatable bonds is 7. The number of hydrogen-bond donors (Lipinski definition) is 1. The van der Waals surface area contributed by atoms with Gasteiger partial charge in [-0.15, -0.1) is 0 Å². The molecule has 142 valence electrons. The second-order valence-electron chi connectivity index (χ2n) is 5.98. The number of halogens is 1. The molecule has 0 heterocycles. The Morgan fingerprint density at radius 1 is 1.19 bits per heavy atom. The molecule has 0 aliphatic rings. The largest absolute Gasteiger partial charge is 0.324 e. The smallest absolute Gasteiger partial charge is 0.248 e. The van der Waals surface area contributed by atoms with Gasteiger partial charge in [-0.3, -0.25) is 9.10 Å². The summed E-state index contributed by atoms with van der Waals surface area (Å²) in [5.74, 6) is -0.439. The molecule has 0 spiro atoms. The van der Waals surface area contributed by atoms with Crippen molar-refractivity contribution in [2.45, 2.75) is 25.8 Å². The van der Waals surface area contributed by atoms with E-state index < -0.39 is 22.0 Å². The first-order chi connectivity index (χ1) is 12.8. The summed E-state index contributed by atoms with van der Waals surface area (Å²) < 4.78 is 25.8. The van der Waals surface area contributed by atoms with Crippen LogP contribution >= 0.6 is 11.6 Å². The van der Waals surface area contributed by atoms with Crippen LogP contribution in [0.1, 0.15) is 18.9 Å². The van der Waals surface area contributed by atoms with Gasteiger partial charge < -0.3 is 5.32 Å². The van der Waals surface area contributed by atoms with Gasteiger partial charge in [0.15, 0.2) is 0 Å². The zero-order chi connectivity index (χ0) is 20.0. The SMILES string of the molecule is CC[C@H](C(=O)Nc1ccc(CC#N)cc1)N(c1ccc(Cl)cc1)S(C)(=O)=O. The van der Waals surface area contributed by atoms with Crippen molar-refractivity contribution < 1.29 is 13.2 Å². The first-order valence-corrected chi connectivity index (χ1v) is 10.5. The van der Waals surface area contributed by atoms with Crippen molar-refractivity contribution in [1.82, 2.24) is 0 Å². The fourth-order valence-corrected chi connectivity index (χ4v) is 4.01. The summed E-state index contributed by atoms with van der Waals surface area (Å²) in [4.78, 5) is 12.8. The molecule has 0 saturated heterocycles. The van der Waals surface area contributed by atoms with Crippen LogP contribution in [0.2, 0.25) is 5.02 Å². The first kappa shape index (κ1) is 20.7. The highest BCUT2D eigenvalue weighted by Gasteiger charge is 2.31. The second kappa shape index (κ2) is 8.89. The predicted octanol–water partition coefficient (Wildman–Crippen LogP) is 3.59. The summed E-state index contributed by atoms with van der Waals surface area (Å²) in [7, 11) is -3.70. The highest BCUT2D eigenvalue weighted by molar-refractivity contribution is 7.92. The topological polar surface area (TPSA) is 90.3 Å². The van der Waals surface area contributed by atoms with Crippen molar-refractivity contribution >= 4 is 38.9 Å². The lowest BCUT2D eigenvalue weighted by Crippen LogP contribution is -2.46. The molecule has 1 N–H and O–H groups in total. The van der Waals surface area contributed by atoms with Crippen LogP contribution in [0.5, 0.6) is 0 Å². The van der Waals surface area contributed by atoms with Gasteiger partial charge in [0.25, 0.3) is 0 Å². The van der Waals surface area contributed by atoms with Crippen molar-refractivity contribution in [1.29, 1.82) is 5.26 Å². The summed E-state index contributed by atoms with van der Waals surface area (Å²) in [5.41, 5.74) is 1.74. The number of nitrogens with zero attached hydrogens (tertiary/aromatic N) is 2. The van der Waals surface area contributed by atoms with Crippen LogP contribution < -0.4 is 9.62 Å². The molecule has 0 fully saturated rings. The highest BCUT2D eigenvalue weighted by atomic mass is 35.5. The average Bonchev–Trinajstić information content (AvgIpc) is 2.61. The minimum absolute atomic E-state index is 0.282. The molecule has 2 aromatic rings. The third kappa shape index (κ3) is 5.46. The normalized spacial score (nSPS) is 12.1. The minimum atomic E-state index is -3.70. The Morgan fingerprint density at radius 2 is 1.78 bits per heavy atom. The monoisotopic (exact) mass is 405 g/mol. The molecule has 0 bridgehead atoms. The zero-order valence-electron chi connectivity index (χ0n) is 15.0. The molecule has 0 radical (unpaired) electrons. The molecular weight excluding hydrogens is 386 g/mol. The van der Waals surface area contributed by atoms with Gasteiger partial charge in [-0.2, -0.15) is 5.26 Å². The van der Waals surface area contributed by atoms with E-state index in [4.69, 9.17) is 16.9 Å². The number of sulfonamides is 1. The average molecular weight is 406 g/mol. The molecule has 1 amide bonds. The zero-order valence-corrected chi connectivity index (χ0v) is 16.6. The van der Waals surface area contributed by atoms with E-state index in [0.29, 0.717) is 16.4 Å². The summed E-state index contributed by atoms with van der Waals surface area (Å²) in [5, 5.41) is 11.9. The van der Waals surface area contributed by atoms with Crippen LogP contribution in [0.15, 0.2) is 48.5 Å². The standard InChI is InChI=1S/C19H20ClN3O3S/c1-3-18(19(24)22-16-8-4-14(5-9-16)12-13-21)23(27(2,25)26)17-10-6-15(20)7-11-17/h4-11,18H,3,12H2,1-2H3,(H,22,24)/t18-/m1/s1. The predicted molar refractivity (Wildman–Crippen MR) is 107 cm³/mol. The second-order valence-corrected chi connectivity index (χ2v) is 8.28. The van der Waals surface area contributed by atoms with Gasteiger partial charge >= 0.3 is 0 Å². The summed E-state index contributed by atoms with van der Waals surface area (Å²) in [6.07, 6.45) is 1.63. The van der Waals surface area contributed by atoms with Crippen molar-refractivity contribution in [2.24, 2.45) is 0 Å². The van der Waals surface area contributed by atoms with Gasteiger partial charge in [0, 0.05) is 10.7 Å². The molecule has 2 aromatic carbocycles. The number of amides is 1. The lowest BCUT2D eigenvalue weighted by Gasteiger charge is -2.30. The maximum atomic E-state index is 12.8. The minimum Gasteiger partial charge on any atom is -0.324 e. The van der Waals surface area contributed by atoms with Crippen LogP contribution in [-0.2, 0) is 21.2 Å². The van der Waals surface area contributed by atoms with Crippen molar-refractivity contribution in [3.05, 3.63) is 59.1 Å². The Hall–Kier alpha value is -2.56. The van der Waals surface area contributed by atoms with E-state index in [-0.39, 0.29) is 12.8 Å². The summed E-state index contributed by atoms with van der Waals surface area (Å²) in [6.45, 7) is 1.74. The maximum absolute atomic E-state index is 12.8. The molecule has 0 unspecified atom stereocenters. The third-order valence-corrected chi connectivity index (χ3v) is 5.35. The molecule has 0 aromatic heterocycles. The fourth-order valence-electron chi connectivity index (χ4n) is 2.67. The van der Waals surface area contributed by atoms with E-state index in [1.165, 1.54) is 0 Å². The van der Waals surface area contributed by atoms with E-state index in [2.05, 4.69) is 11.4 Å². The molecule has 27 heavy (non-hydrogen) atoms. The Bertz CT molecular complexity index is 936. The molecule has 6 nitrogen and oxygen atoms in total. The number of benzene rings is 2. The molecule has 1 atom stereocenters. The van der Waals surface area contributed by atoms with E-state index in [1.54, 1.807) is 55.5 Å². The first-order valence-electron chi connectivity index (χ1n) is 8.28. The summed E-state index contributed by atoms with van der Waals surface area (Å²) >= 11 is 5.88. The quantitative estimate of drug-likeness (QED) is 0.762. The number of carbonyl (C=O) groups is 1. The van der Waals surface area contributed by atoms with Crippen LogP contribution in [0.3, 0.4) is 0 Å². The van der Waals surface area contributed by atoms with Gasteiger partial charge in [-0.1, -0.05) is 30.7 Å². The molecule has 0 aliphatic carbocycles. The van der Waals surface area contributed by atoms with E-state index in [1.807, 2.05) is 0 Å². The lowest BCUT2D eigenvalue weighted by molar-refractivity contribution is -0.117. The summed E-state index contributed by atoms with van der Waals surface area (Å²) in [6, 6.07) is 14.3. The molecule has 2 rings (SSSR count). The molecule has 0 aliphatic heterocycles. The fraction of sp³-hybridized carbons (Fsp3) is 0.263. The number of carbonyl (C=O) groups excluding carboxylic acids is 1. The number of nitriles is 1. The van der Waals surface area contributed by atoms with Crippen molar-refractivity contribution in [3.8, 4) is 6.07 Å².